The zero-order valence-electron chi connectivity index (χ0n) is 12.7. The van der Waals surface area contributed by atoms with Crippen LogP contribution in [0, 0.1) is 6.92 Å². The quantitative estimate of drug-likeness (QED) is 0.836. The fraction of sp³-hybridized carbons (Fsp3) is 0.733. The molecule has 2 fully saturated rings. The molecule has 0 radical (unpaired) electrons. The Balaban J connectivity index is 1.76. The van der Waals surface area contributed by atoms with Crippen LogP contribution >= 0.6 is 0 Å². The van der Waals surface area contributed by atoms with Gasteiger partial charge in [-0.05, 0) is 26.3 Å². The zero-order valence-corrected chi connectivity index (χ0v) is 12.7. The topological polar surface area (TPSA) is 35.5 Å². The summed E-state index contributed by atoms with van der Waals surface area (Å²) in [6, 6.07) is 2.13. The van der Waals surface area contributed by atoms with Gasteiger partial charge < -0.3 is 14.7 Å². The lowest BCUT2D eigenvalue weighted by Gasteiger charge is -2.35. The van der Waals surface area contributed by atoms with Crippen molar-refractivity contribution >= 4 is 11.8 Å². The zero-order chi connectivity index (χ0) is 13.9. The van der Waals surface area contributed by atoms with Crippen molar-refractivity contribution in [2.75, 3.05) is 55.6 Å². The van der Waals surface area contributed by atoms with Crippen LogP contribution < -0.4 is 9.80 Å². The van der Waals surface area contributed by atoms with Crippen LogP contribution in [-0.4, -0.2) is 60.7 Å². The molecule has 5 heteroatoms. The second-order valence-electron chi connectivity index (χ2n) is 5.78. The highest BCUT2D eigenvalue weighted by Crippen LogP contribution is 2.21. The van der Waals surface area contributed by atoms with E-state index in [1.165, 1.54) is 12.8 Å². The van der Waals surface area contributed by atoms with Gasteiger partial charge in [-0.1, -0.05) is 6.92 Å². The normalized spacial score (nSPS) is 20.7. The molecule has 0 amide bonds. The Morgan fingerprint density at radius 2 is 1.65 bits per heavy atom. The van der Waals surface area contributed by atoms with E-state index in [1.807, 2.05) is 0 Å². The van der Waals surface area contributed by atoms with E-state index in [4.69, 9.17) is 4.98 Å². The molecule has 5 nitrogen and oxygen atoms in total. The molecule has 0 aromatic carbocycles. The summed E-state index contributed by atoms with van der Waals surface area (Å²) in [5, 5.41) is 0. The van der Waals surface area contributed by atoms with Crippen molar-refractivity contribution in [3.63, 3.8) is 0 Å². The van der Waals surface area contributed by atoms with Gasteiger partial charge in [0, 0.05) is 51.0 Å². The van der Waals surface area contributed by atoms with Crippen molar-refractivity contribution < 1.29 is 0 Å². The minimum absolute atomic E-state index is 0.926. The maximum absolute atomic E-state index is 4.81. The van der Waals surface area contributed by atoms with Crippen molar-refractivity contribution in [3.8, 4) is 0 Å². The monoisotopic (exact) mass is 275 g/mol. The number of anilines is 2. The van der Waals surface area contributed by atoms with Crippen LogP contribution in [0.15, 0.2) is 6.07 Å². The van der Waals surface area contributed by atoms with Crippen molar-refractivity contribution in [3.05, 3.63) is 11.8 Å². The number of aromatic nitrogens is 2. The molecule has 2 aliphatic heterocycles. The Morgan fingerprint density at radius 3 is 2.30 bits per heavy atom. The number of piperazine rings is 1. The highest BCUT2D eigenvalue weighted by atomic mass is 15.3. The summed E-state index contributed by atoms with van der Waals surface area (Å²) in [4.78, 5) is 16.6. The minimum Gasteiger partial charge on any atom is -0.354 e. The lowest BCUT2D eigenvalue weighted by atomic mass is 10.3. The van der Waals surface area contributed by atoms with E-state index in [1.54, 1.807) is 0 Å². The van der Waals surface area contributed by atoms with Gasteiger partial charge in [-0.3, -0.25) is 0 Å². The van der Waals surface area contributed by atoms with E-state index in [0.717, 1.165) is 63.3 Å². The fourth-order valence-corrected chi connectivity index (χ4v) is 3.05. The van der Waals surface area contributed by atoms with E-state index in [2.05, 4.69) is 39.6 Å². The fourth-order valence-electron chi connectivity index (χ4n) is 3.05. The summed E-state index contributed by atoms with van der Waals surface area (Å²) >= 11 is 0. The van der Waals surface area contributed by atoms with Gasteiger partial charge in [0.15, 0.2) is 0 Å². The molecule has 3 heterocycles. The predicted octanol–water partition coefficient (Wildman–Crippen LogP) is 1.53. The van der Waals surface area contributed by atoms with Gasteiger partial charge in [0.25, 0.3) is 0 Å². The molecule has 3 rings (SSSR count). The first kappa shape index (κ1) is 13.6. The SMILES string of the molecule is CCN1CCN(c2cc(C)nc(N3CCCC3)n2)CC1. The highest BCUT2D eigenvalue weighted by Gasteiger charge is 2.20. The third-order valence-corrected chi connectivity index (χ3v) is 4.36. The number of hydrogen-bond acceptors (Lipinski definition) is 5. The van der Waals surface area contributed by atoms with Crippen molar-refractivity contribution in [1.82, 2.24) is 14.9 Å². The summed E-state index contributed by atoms with van der Waals surface area (Å²) in [6.07, 6.45) is 2.53. The van der Waals surface area contributed by atoms with E-state index < -0.39 is 0 Å². The first-order chi connectivity index (χ1) is 9.76. The predicted molar refractivity (Wildman–Crippen MR) is 82.5 cm³/mol. The average molecular weight is 275 g/mol. The van der Waals surface area contributed by atoms with Crippen LogP contribution in [0.25, 0.3) is 0 Å². The molecule has 1 aromatic heterocycles. The number of aryl methyl sites for hydroxylation is 1. The van der Waals surface area contributed by atoms with Gasteiger partial charge in [0.2, 0.25) is 5.95 Å². The lowest BCUT2D eigenvalue weighted by Crippen LogP contribution is -2.46. The van der Waals surface area contributed by atoms with Gasteiger partial charge in [0.1, 0.15) is 5.82 Å². The van der Waals surface area contributed by atoms with E-state index in [0.29, 0.717) is 0 Å². The second kappa shape index (κ2) is 5.95. The van der Waals surface area contributed by atoms with Crippen LogP contribution in [0.4, 0.5) is 11.8 Å². The number of hydrogen-bond donors (Lipinski definition) is 0. The van der Waals surface area contributed by atoms with Gasteiger partial charge in [-0.15, -0.1) is 0 Å². The van der Waals surface area contributed by atoms with Gasteiger partial charge in [-0.25, -0.2) is 4.98 Å². The molecule has 0 N–H and O–H groups in total. The molecule has 0 aliphatic carbocycles. The molecule has 1 aromatic rings. The molecule has 2 saturated heterocycles. The third-order valence-electron chi connectivity index (χ3n) is 4.36. The van der Waals surface area contributed by atoms with Gasteiger partial charge >= 0.3 is 0 Å². The maximum Gasteiger partial charge on any atom is 0.227 e. The average Bonchev–Trinajstić information content (AvgIpc) is 3.01. The summed E-state index contributed by atoms with van der Waals surface area (Å²) in [5.74, 6) is 2.03. The van der Waals surface area contributed by atoms with E-state index in [-0.39, 0.29) is 0 Å². The van der Waals surface area contributed by atoms with Crippen molar-refractivity contribution in [2.45, 2.75) is 26.7 Å². The Bertz CT molecular complexity index is 448. The number of nitrogens with zero attached hydrogens (tertiary/aromatic N) is 5. The Morgan fingerprint density at radius 1 is 0.950 bits per heavy atom. The van der Waals surface area contributed by atoms with E-state index >= 15 is 0 Å². The first-order valence-corrected chi connectivity index (χ1v) is 7.84. The third kappa shape index (κ3) is 2.87. The van der Waals surface area contributed by atoms with Crippen LogP contribution in [0.5, 0.6) is 0 Å². The van der Waals surface area contributed by atoms with Crippen LogP contribution in [0.1, 0.15) is 25.5 Å². The summed E-state index contributed by atoms with van der Waals surface area (Å²) in [7, 11) is 0. The molecule has 0 saturated carbocycles. The lowest BCUT2D eigenvalue weighted by molar-refractivity contribution is 0.270. The van der Waals surface area contributed by atoms with Crippen LogP contribution in [0.2, 0.25) is 0 Å². The Hall–Kier alpha value is -1.36. The minimum atomic E-state index is 0.926. The molecule has 2 aliphatic rings. The number of likely N-dealkylation sites (N-methyl/N-ethyl adjacent to an activating group) is 1. The number of rotatable bonds is 3. The molecule has 0 spiro atoms. The summed E-state index contributed by atoms with van der Waals surface area (Å²) in [5.41, 5.74) is 1.08. The standard InChI is InChI=1S/C15H25N5/c1-3-18-8-10-19(11-9-18)14-12-13(2)16-15(17-14)20-6-4-5-7-20/h12H,3-11H2,1-2H3. The van der Waals surface area contributed by atoms with Crippen molar-refractivity contribution in [2.24, 2.45) is 0 Å². The summed E-state index contributed by atoms with van der Waals surface area (Å²) in [6.45, 7) is 12.1. The van der Waals surface area contributed by atoms with Gasteiger partial charge in [-0.2, -0.15) is 4.98 Å². The molecule has 0 unspecified atom stereocenters. The second-order valence-corrected chi connectivity index (χ2v) is 5.78. The van der Waals surface area contributed by atoms with Crippen molar-refractivity contribution in [1.29, 1.82) is 0 Å². The molecule has 0 bridgehead atoms. The Labute approximate surface area is 121 Å². The van der Waals surface area contributed by atoms with E-state index in [9.17, 15) is 0 Å². The smallest absolute Gasteiger partial charge is 0.227 e. The molecule has 0 atom stereocenters. The van der Waals surface area contributed by atoms with Crippen LogP contribution in [-0.2, 0) is 0 Å². The van der Waals surface area contributed by atoms with Crippen LogP contribution in [0.3, 0.4) is 0 Å². The highest BCUT2D eigenvalue weighted by molar-refractivity contribution is 5.46. The molecular weight excluding hydrogens is 250 g/mol. The maximum atomic E-state index is 4.81. The van der Waals surface area contributed by atoms with Gasteiger partial charge in [0.05, 0.1) is 0 Å². The Kier molecular flexibility index (Phi) is 4.05. The summed E-state index contributed by atoms with van der Waals surface area (Å²) < 4.78 is 0. The largest absolute Gasteiger partial charge is 0.354 e. The molecular formula is C15H25N5. The molecule has 110 valence electrons. The first-order valence-electron chi connectivity index (χ1n) is 7.84. The molecule has 20 heavy (non-hydrogen) atoms.